The Kier molecular flexibility index (Phi) is 6.16. The Labute approximate surface area is 152 Å². The second-order valence-electron chi connectivity index (χ2n) is 6.37. The zero-order valence-electron chi connectivity index (χ0n) is 15.2. The topological polar surface area (TPSA) is 90.1 Å². The Bertz CT molecular complexity index is 785. The van der Waals surface area contributed by atoms with Gasteiger partial charge in [-0.3, -0.25) is 0 Å². The minimum absolute atomic E-state index is 0.332. The number of esters is 1. The molecule has 0 aliphatic rings. The van der Waals surface area contributed by atoms with Crippen molar-refractivity contribution in [2.75, 3.05) is 6.61 Å². The molecule has 2 aromatic rings. The lowest BCUT2D eigenvalue weighted by molar-refractivity contribution is 0.0517. The largest absolute Gasteiger partial charge is 0.462 e. The number of nitrogens with one attached hydrogen (secondary N) is 1. The molecular formula is C19H22N2O5. The zero-order chi connectivity index (χ0) is 19.2. The average molecular weight is 358 g/mol. The molecule has 26 heavy (non-hydrogen) atoms. The van der Waals surface area contributed by atoms with Gasteiger partial charge in [0.2, 0.25) is 0 Å². The summed E-state index contributed by atoms with van der Waals surface area (Å²) >= 11 is 0. The molecule has 0 saturated carbocycles. The van der Waals surface area contributed by atoms with Crippen molar-refractivity contribution in [2.24, 2.45) is 5.10 Å². The summed E-state index contributed by atoms with van der Waals surface area (Å²) < 4.78 is 15.7. The maximum absolute atomic E-state index is 11.6. The van der Waals surface area contributed by atoms with E-state index < -0.39 is 11.7 Å². The number of hydrogen-bond donors (Lipinski definition) is 1. The summed E-state index contributed by atoms with van der Waals surface area (Å²) in [5, 5.41) is 3.79. The highest BCUT2D eigenvalue weighted by Gasteiger charge is 2.15. The van der Waals surface area contributed by atoms with E-state index in [2.05, 4.69) is 10.5 Å². The lowest BCUT2D eigenvalue weighted by atomic mass is 10.1. The summed E-state index contributed by atoms with van der Waals surface area (Å²) in [5.74, 6) is 0.712. The van der Waals surface area contributed by atoms with Crippen LogP contribution in [0.25, 0.3) is 11.3 Å². The number of benzene rings is 1. The Morgan fingerprint density at radius 1 is 1.15 bits per heavy atom. The van der Waals surface area contributed by atoms with Gasteiger partial charge in [-0.1, -0.05) is 12.1 Å². The molecule has 0 fully saturated rings. The van der Waals surface area contributed by atoms with Crippen molar-refractivity contribution in [1.82, 2.24) is 5.43 Å². The Hall–Kier alpha value is -3.09. The number of amides is 1. The Balaban J connectivity index is 1.98. The predicted molar refractivity (Wildman–Crippen MR) is 97.1 cm³/mol. The smallest absolute Gasteiger partial charge is 0.428 e. The van der Waals surface area contributed by atoms with E-state index in [4.69, 9.17) is 13.9 Å². The van der Waals surface area contributed by atoms with E-state index >= 15 is 0 Å². The van der Waals surface area contributed by atoms with Gasteiger partial charge in [0, 0.05) is 5.56 Å². The molecule has 2 rings (SSSR count). The molecule has 0 aliphatic heterocycles. The first-order chi connectivity index (χ1) is 12.3. The highest BCUT2D eigenvalue weighted by atomic mass is 16.6. The van der Waals surface area contributed by atoms with E-state index in [-0.39, 0.29) is 5.97 Å². The normalized spacial score (nSPS) is 11.4. The van der Waals surface area contributed by atoms with Gasteiger partial charge in [-0.05, 0) is 52.0 Å². The molecule has 1 heterocycles. The second kappa shape index (κ2) is 8.33. The molecule has 0 unspecified atom stereocenters. The molecule has 0 saturated heterocycles. The molecule has 1 aromatic heterocycles. The summed E-state index contributed by atoms with van der Waals surface area (Å²) in [6, 6.07) is 10.4. The Morgan fingerprint density at radius 2 is 1.85 bits per heavy atom. The van der Waals surface area contributed by atoms with Crippen LogP contribution < -0.4 is 5.43 Å². The quantitative estimate of drug-likeness (QED) is 0.496. The van der Waals surface area contributed by atoms with Crippen LogP contribution in [0.15, 0.2) is 45.9 Å². The third-order valence-electron chi connectivity index (χ3n) is 3.05. The SMILES string of the molecule is CCOC(=O)c1ccc(-c2ccc(C=NNC(=O)OC(C)(C)C)o2)cc1. The highest BCUT2D eigenvalue weighted by Crippen LogP contribution is 2.22. The molecule has 0 atom stereocenters. The number of rotatable bonds is 5. The molecule has 0 spiro atoms. The van der Waals surface area contributed by atoms with Crippen LogP contribution in [0.4, 0.5) is 4.79 Å². The summed E-state index contributed by atoms with van der Waals surface area (Å²) in [6.45, 7) is 7.39. The van der Waals surface area contributed by atoms with Gasteiger partial charge in [0.25, 0.3) is 0 Å². The van der Waals surface area contributed by atoms with E-state index in [1.165, 1.54) is 6.21 Å². The van der Waals surface area contributed by atoms with Crippen LogP contribution in [0, 0.1) is 0 Å². The first-order valence-corrected chi connectivity index (χ1v) is 8.18. The summed E-state index contributed by atoms with van der Waals surface area (Å²) in [6.07, 6.45) is 0.732. The van der Waals surface area contributed by atoms with Crippen LogP contribution in [0.1, 0.15) is 43.8 Å². The van der Waals surface area contributed by atoms with Crippen molar-refractivity contribution in [2.45, 2.75) is 33.3 Å². The molecule has 1 aromatic carbocycles. The molecule has 0 radical (unpaired) electrons. The molecule has 1 N–H and O–H groups in total. The molecule has 138 valence electrons. The first-order valence-electron chi connectivity index (χ1n) is 8.18. The van der Waals surface area contributed by atoms with Crippen LogP contribution in [-0.4, -0.2) is 30.5 Å². The molecule has 7 nitrogen and oxygen atoms in total. The van der Waals surface area contributed by atoms with Crippen LogP contribution in [0.3, 0.4) is 0 Å². The summed E-state index contributed by atoms with van der Waals surface area (Å²) in [5.41, 5.74) is 2.96. The standard InChI is InChI=1S/C19H22N2O5/c1-5-24-17(22)14-8-6-13(7-9-14)16-11-10-15(25-16)12-20-21-18(23)26-19(2,3)4/h6-12H,5H2,1-4H3,(H,21,23). The van der Waals surface area contributed by atoms with E-state index in [0.717, 1.165) is 5.56 Å². The summed E-state index contributed by atoms with van der Waals surface area (Å²) in [4.78, 5) is 23.1. The number of furan rings is 1. The van der Waals surface area contributed by atoms with Crippen LogP contribution in [0.5, 0.6) is 0 Å². The van der Waals surface area contributed by atoms with Crippen LogP contribution in [-0.2, 0) is 9.47 Å². The fourth-order valence-corrected chi connectivity index (χ4v) is 2.01. The monoisotopic (exact) mass is 358 g/mol. The van der Waals surface area contributed by atoms with Gasteiger partial charge in [-0.15, -0.1) is 0 Å². The van der Waals surface area contributed by atoms with Crippen molar-refractivity contribution in [3.05, 3.63) is 47.7 Å². The van der Waals surface area contributed by atoms with Gasteiger partial charge in [-0.25, -0.2) is 15.0 Å². The van der Waals surface area contributed by atoms with Crippen molar-refractivity contribution >= 4 is 18.3 Å². The molecule has 0 aliphatic carbocycles. The first kappa shape index (κ1) is 19.2. The lowest BCUT2D eigenvalue weighted by Crippen LogP contribution is -2.29. The third kappa shape index (κ3) is 5.77. The lowest BCUT2D eigenvalue weighted by Gasteiger charge is -2.18. The van der Waals surface area contributed by atoms with E-state index in [9.17, 15) is 9.59 Å². The van der Waals surface area contributed by atoms with Gasteiger partial charge in [0.15, 0.2) is 0 Å². The van der Waals surface area contributed by atoms with Gasteiger partial charge in [-0.2, -0.15) is 5.10 Å². The van der Waals surface area contributed by atoms with Crippen molar-refractivity contribution in [1.29, 1.82) is 0 Å². The fraction of sp³-hybridized carbons (Fsp3) is 0.316. The maximum atomic E-state index is 11.6. The average Bonchev–Trinajstić information content (AvgIpc) is 3.02. The van der Waals surface area contributed by atoms with Crippen LogP contribution >= 0.6 is 0 Å². The zero-order valence-corrected chi connectivity index (χ0v) is 15.2. The number of carbonyl (C=O) groups excluding carboxylic acids is 2. The molecule has 7 heteroatoms. The molecular weight excluding hydrogens is 336 g/mol. The minimum Gasteiger partial charge on any atom is -0.462 e. The maximum Gasteiger partial charge on any atom is 0.428 e. The van der Waals surface area contributed by atoms with Crippen LogP contribution in [0.2, 0.25) is 0 Å². The number of hydrogen-bond acceptors (Lipinski definition) is 6. The van der Waals surface area contributed by atoms with Crippen molar-refractivity contribution in [3.63, 3.8) is 0 Å². The number of ether oxygens (including phenoxy) is 2. The van der Waals surface area contributed by atoms with Gasteiger partial charge >= 0.3 is 12.1 Å². The van der Waals surface area contributed by atoms with Gasteiger partial charge < -0.3 is 13.9 Å². The van der Waals surface area contributed by atoms with E-state index in [0.29, 0.717) is 23.7 Å². The highest BCUT2D eigenvalue weighted by molar-refractivity contribution is 5.90. The fourth-order valence-electron chi connectivity index (χ4n) is 2.01. The molecule has 1 amide bonds. The summed E-state index contributed by atoms with van der Waals surface area (Å²) in [7, 11) is 0. The number of nitrogens with zero attached hydrogens (tertiary/aromatic N) is 1. The minimum atomic E-state index is -0.643. The predicted octanol–water partition coefficient (Wildman–Crippen LogP) is 3.98. The van der Waals surface area contributed by atoms with E-state index in [1.807, 2.05) is 0 Å². The van der Waals surface area contributed by atoms with E-state index in [1.54, 1.807) is 64.1 Å². The second-order valence-corrected chi connectivity index (χ2v) is 6.37. The van der Waals surface area contributed by atoms with Crippen molar-refractivity contribution < 1.29 is 23.5 Å². The Morgan fingerprint density at radius 3 is 2.46 bits per heavy atom. The number of carbonyl (C=O) groups is 2. The van der Waals surface area contributed by atoms with Gasteiger partial charge in [0.05, 0.1) is 18.4 Å². The third-order valence-corrected chi connectivity index (χ3v) is 3.05. The molecule has 0 bridgehead atoms. The van der Waals surface area contributed by atoms with Crippen molar-refractivity contribution in [3.8, 4) is 11.3 Å². The van der Waals surface area contributed by atoms with Gasteiger partial charge in [0.1, 0.15) is 17.1 Å². The number of hydrazone groups is 1.